The second-order valence-corrected chi connectivity index (χ2v) is 5.81. The van der Waals surface area contributed by atoms with Crippen molar-refractivity contribution in [1.82, 2.24) is 15.2 Å². The van der Waals surface area contributed by atoms with Crippen molar-refractivity contribution in [3.05, 3.63) is 34.5 Å². The molecule has 0 saturated carbocycles. The summed E-state index contributed by atoms with van der Waals surface area (Å²) in [5, 5.41) is 8.21. The fourth-order valence-electron chi connectivity index (χ4n) is 3.42. The van der Waals surface area contributed by atoms with Crippen LogP contribution in [0.1, 0.15) is 35.7 Å². The molecule has 1 aromatic carbocycles. The zero-order chi connectivity index (χ0) is 14.1. The van der Waals surface area contributed by atoms with Crippen LogP contribution in [0.4, 0.5) is 0 Å². The topological polar surface area (TPSA) is 29.0 Å². The molecule has 20 heavy (non-hydrogen) atoms. The second kappa shape index (κ2) is 5.58. The first-order chi connectivity index (χ1) is 9.76. The molecule has 0 fully saturated rings. The maximum absolute atomic E-state index is 3.46. The molecule has 0 unspecified atom stereocenters. The van der Waals surface area contributed by atoms with Gasteiger partial charge in [0.1, 0.15) is 0 Å². The van der Waals surface area contributed by atoms with E-state index >= 15 is 0 Å². The highest BCUT2D eigenvalue weighted by Crippen LogP contribution is 2.31. The Labute approximate surface area is 121 Å². The summed E-state index contributed by atoms with van der Waals surface area (Å²) in [6, 6.07) is 4.84. The average Bonchev–Trinajstić information content (AvgIpc) is 2.99. The van der Waals surface area contributed by atoms with Crippen molar-refractivity contribution in [3.63, 3.8) is 0 Å². The number of aromatic nitrogens is 1. The molecule has 0 saturated heterocycles. The molecule has 0 aliphatic carbocycles. The molecule has 1 aliphatic heterocycles. The zero-order valence-corrected chi connectivity index (χ0v) is 12.8. The highest BCUT2D eigenvalue weighted by molar-refractivity contribution is 5.87. The molecule has 0 amide bonds. The van der Waals surface area contributed by atoms with E-state index < -0.39 is 0 Å². The largest absolute Gasteiger partial charge is 0.345 e. The van der Waals surface area contributed by atoms with Crippen LogP contribution in [0.2, 0.25) is 0 Å². The molecular weight excluding hydrogens is 246 g/mol. The highest BCUT2D eigenvalue weighted by Gasteiger charge is 2.18. The van der Waals surface area contributed by atoms with E-state index in [9.17, 15) is 0 Å². The van der Waals surface area contributed by atoms with Gasteiger partial charge in [0.05, 0.1) is 0 Å². The van der Waals surface area contributed by atoms with Crippen molar-refractivity contribution in [2.24, 2.45) is 0 Å². The van der Waals surface area contributed by atoms with Gasteiger partial charge in [0.15, 0.2) is 0 Å². The van der Waals surface area contributed by atoms with Crippen LogP contribution in [-0.4, -0.2) is 18.2 Å². The molecule has 0 bridgehead atoms. The minimum atomic E-state index is 1.02. The van der Waals surface area contributed by atoms with Gasteiger partial charge in [-0.15, -0.1) is 0 Å². The van der Waals surface area contributed by atoms with Crippen molar-refractivity contribution in [3.8, 4) is 0 Å². The van der Waals surface area contributed by atoms with Gasteiger partial charge in [-0.3, -0.25) is 0 Å². The van der Waals surface area contributed by atoms with E-state index in [0.717, 1.165) is 32.6 Å². The van der Waals surface area contributed by atoms with Crippen LogP contribution in [0.15, 0.2) is 12.1 Å². The standard InChI is InChI=1S/C17H25N3/c1-4-7-20-12(2)15(5-6-18-3)16-8-13-10-19-11-14(13)9-17(16)20/h8-9,18-19H,4-7,10-11H2,1-3H3. The first-order valence-corrected chi connectivity index (χ1v) is 7.75. The molecule has 0 spiro atoms. The lowest BCUT2D eigenvalue weighted by Crippen LogP contribution is -2.11. The number of hydrogen-bond donors (Lipinski definition) is 2. The SMILES string of the molecule is CCCn1c(C)c(CCNC)c2cc3c(cc21)CNC3. The second-order valence-electron chi connectivity index (χ2n) is 5.81. The van der Waals surface area contributed by atoms with E-state index in [0.29, 0.717) is 0 Å². The first kappa shape index (κ1) is 13.7. The number of aryl methyl sites for hydroxylation is 1. The Morgan fingerprint density at radius 3 is 2.70 bits per heavy atom. The summed E-state index contributed by atoms with van der Waals surface area (Å²) in [5.74, 6) is 0. The minimum Gasteiger partial charge on any atom is -0.345 e. The molecule has 3 heteroatoms. The van der Waals surface area contributed by atoms with E-state index in [1.54, 1.807) is 0 Å². The van der Waals surface area contributed by atoms with Gasteiger partial charge in [0, 0.05) is 36.2 Å². The molecule has 1 aromatic heterocycles. The third kappa shape index (κ3) is 2.15. The van der Waals surface area contributed by atoms with Crippen molar-refractivity contribution >= 4 is 10.9 Å². The molecule has 0 atom stereocenters. The van der Waals surface area contributed by atoms with Gasteiger partial charge in [-0.1, -0.05) is 6.92 Å². The summed E-state index contributed by atoms with van der Waals surface area (Å²) in [4.78, 5) is 0. The molecule has 108 valence electrons. The van der Waals surface area contributed by atoms with Gasteiger partial charge in [-0.25, -0.2) is 0 Å². The van der Waals surface area contributed by atoms with E-state index in [1.807, 2.05) is 7.05 Å². The number of likely N-dealkylation sites (N-methyl/N-ethyl adjacent to an activating group) is 1. The van der Waals surface area contributed by atoms with Gasteiger partial charge in [-0.2, -0.15) is 0 Å². The molecule has 1 aliphatic rings. The predicted molar refractivity (Wildman–Crippen MR) is 85.1 cm³/mol. The molecule has 2 heterocycles. The normalized spacial score (nSPS) is 14.2. The number of rotatable bonds is 5. The van der Waals surface area contributed by atoms with Crippen molar-refractivity contribution in [1.29, 1.82) is 0 Å². The van der Waals surface area contributed by atoms with Crippen LogP contribution in [0, 0.1) is 6.92 Å². The summed E-state index contributed by atoms with van der Waals surface area (Å²) >= 11 is 0. The Morgan fingerprint density at radius 1 is 1.25 bits per heavy atom. The van der Waals surface area contributed by atoms with Crippen LogP contribution in [0.5, 0.6) is 0 Å². The number of fused-ring (bicyclic) bond motifs is 2. The zero-order valence-electron chi connectivity index (χ0n) is 12.8. The molecule has 3 nitrogen and oxygen atoms in total. The minimum absolute atomic E-state index is 1.02. The van der Waals surface area contributed by atoms with Crippen LogP contribution >= 0.6 is 0 Å². The Balaban J connectivity index is 2.18. The molecular formula is C17H25N3. The van der Waals surface area contributed by atoms with Crippen molar-refractivity contribution in [2.75, 3.05) is 13.6 Å². The number of hydrogen-bond acceptors (Lipinski definition) is 2. The summed E-state index contributed by atoms with van der Waals surface area (Å²) in [6.07, 6.45) is 2.30. The van der Waals surface area contributed by atoms with Crippen molar-refractivity contribution in [2.45, 2.75) is 46.3 Å². The summed E-state index contributed by atoms with van der Waals surface area (Å²) < 4.78 is 2.51. The smallest absolute Gasteiger partial charge is 0.0488 e. The fourth-order valence-corrected chi connectivity index (χ4v) is 3.42. The van der Waals surface area contributed by atoms with E-state index in [-0.39, 0.29) is 0 Å². The monoisotopic (exact) mass is 271 g/mol. The van der Waals surface area contributed by atoms with Crippen LogP contribution in [0.3, 0.4) is 0 Å². The third-order valence-corrected chi connectivity index (χ3v) is 4.48. The van der Waals surface area contributed by atoms with Gasteiger partial charge in [0.2, 0.25) is 0 Å². The molecule has 2 N–H and O–H groups in total. The van der Waals surface area contributed by atoms with E-state index in [1.165, 1.54) is 39.7 Å². The Morgan fingerprint density at radius 2 is 2.00 bits per heavy atom. The lowest BCUT2D eigenvalue weighted by molar-refractivity contribution is 0.678. The van der Waals surface area contributed by atoms with E-state index in [2.05, 4.69) is 41.2 Å². The van der Waals surface area contributed by atoms with E-state index in [4.69, 9.17) is 0 Å². The molecule has 3 rings (SSSR count). The maximum Gasteiger partial charge on any atom is 0.0488 e. The van der Waals surface area contributed by atoms with Gasteiger partial charge >= 0.3 is 0 Å². The number of nitrogens with zero attached hydrogens (tertiary/aromatic N) is 1. The molecule has 0 radical (unpaired) electrons. The van der Waals surface area contributed by atoms with Crippen molar-refractivity contribution < 1.29 is 0 Å². The lowest BCUT2D eigenvalue weighted by atomic mass is 10.0. The average molecular weight is 271 g/mol. The lowest BCUT2D eigenvalue weighted by Gasteiger charge is -2.07. The van der Waals surface area contributed by atoms with Gasteiger partial charge < -0.3 is 15.2 Å². The summed E-state index contributed by atoms with van der Waals surface area (Å²) in [7, 11) is 2.03. The van der Waals surface area contributed by atoms with Gasteiger partial charge in [-0.05, 0) is 62.2 Å². The number of nitrogens with one attached hydrogen (secondary N) is 2. The summed E-state index contributed by atoms with van der Waals surface area (Å²) in [6.45, 7) is 8.75. The maximum atomic E-state index is 3.46. The van der Waals surface area contributed by atoms with Gasteiger partial charge in [0.25, 0.3) is 0 Å². The van der Waals surface area contributed by atoms with Crippen LogP contribution < -0.4 is 10.6 Å². The van der Waals surface area contributed by atoms with Crippen LogP contribution in [-0.2, 0) is 26.1 Å². The molecule has 2 aromatic rings. The predicted octanol–water partition coefficient (Wildman–Crippen LogP) is 2.72. The Kier molecular flexibility index (Phi) is 3.81. The van der Waals surface area contributed by atoms with Crippen LogP contribution in [0.25, 0.3) is 10.9 Å². The quantitative estimate of drug-likeness (QED) is 0.875. The Bertz CT molecular complexity index is 625. The Hall–Kier alpha value is -1.32. The third-order valence-electron chi connectivity index (χ3n) is 4.48. The highest BCUT2D eigenvalue weighted by atomic mass is 15.0. The first-order valence-electron chi connectivity index (χ1n) is 7.75. The summed E-state index contributed by atoms with van der Waals surface area (Å²) in [5.41, 5.74) is 7.37. The fraction of sp³-hybridized carbons (Fsp3) is 0.529. The number of benzene rings is 1.